The number of carbonyl (C=O) groups is 2. The minimum Gasteiger partial charge on any atom is -0.457 e. The molecule has 7 nitrogen and oxygen atoms in total. The lowest BCUT2D eigenvalue weighted by Crippen LogP contribution is -2.31. The van der Waals surface area contributed by atoms with E-state index in [4.69, 9.17) is 4.74 Å². The average molecular weight is 415 g/mol. The fourth-order valence-corrected chi connectivity index (χ4v) is 5.10. The minimum absolute atomic E-state index is 0.0610. The molecule has 4 rings (SSSR count). The van der Waals surface area contributed by atoms with E-state index in [1.54, 1.807) is 0 Å². The highest BCUT2D eigenvalue weighted by molar-refractivity contribution is 8.01. The van der Waals surface area contributed by atoms with E-state index in [0.717, 1.165) is 21.0 Å². The van der Waals surface area contributed by atoms with Crippen molar-refractivity contribution in [3.63, 3.8) is 0 Å². The first-order valence-corrected chi connectivity index (χ1v) is 10.3. The molecule has 3 heterocycles. The molecule has 1 amide bonds. The largest absolute Gasteiger partial charge is 0.457 e. The number of ether oxygens (including phenoxy) is 1. The number of rotatable bonds is 4. The Morgan fingerprint density at radius 1 is 1.25 bits per heavy atom. The third-order valence-corrected chi connectivity index (χ3v) is 6.89. The monoisotopic (exact) mass is 415 g/mol. The molecule has 0 fully saturated rings. The highest BCUT2D eigenvalue weighted by Crippen LogP contribution is 2.36. The molecule has 1 atom stereocenters. The number of aryl methyl sites for hydroxylation is 2. The lowest BCUT2D eigenvalue weighted by Gasteiger charge is -2.23. The van der Waals surface area contributed by atoms with Gasteiger partial charge in [0.25, 0.3) is 5.56 Å². The summed E-state index contributed by atoms with van der Waals surface area (Å²) < 4.78 is 5.25. The molecule has 0 radical (unpaired) electrons. The van der Waals surface area contributed by atoms with Gasteiger partial charge < -0.3 is 15.0 Å². The van der Waals surface area contributed by atoms with Gasteiger partial charge in [0.2, 0.25) is 5.91 Å². The van der Waals surface area contributed by atoms with Gasteiger partial charge in [-0.2, -0.15) is 0 Å². The van der Waals surface area contributed by atoms with Crippen molar-refractivity contribution in [2.24, 2.45) is 0 Å². The normalized spacial score (nSPS) is 15.9. The van der Waals surface area contributed by atoms with Gasteiger partial charge in [-0.15, -0.1) is 23.1 Å². The number of aromatic nitrogens is 2. The van der Waals surface area contributed by atoms with Crippen molar-refractivity contribution < 1.29 is 14.3 Å². The molecule has 2 N–H and O–H groups in total. The average Bonchev–Trinajstić information content (AvgIpc) is 2.95. The van der Waals surface area contributed by atoms with Gasteiger partial charge in [0, 0.05) is 9.77 Å². The number of thioether (sulfide) groups is 1. The number of nitrogens with one attached hydrogen (secondary N) is 2. The van der Waals surface area contributed by atoms with Crippen LogP contribution in [0.2, 0.25) is 0 Å². The standard InChI is InChI=1S/C19H17N3O4S2/c1-9-10(2)27-19-16(9)18(25)21-14(22-19)8-26-15(23)7-13-17(24)20-11-5-3-4-6-12(11)28-13/h3-6,13H,7-8H2,1-2H3,(H,20,24)(H,21,22,25). The summed E-state index contributed by atoms with van der Waals surface area (Å²) in [5.74, 6) is -0.454. The second-order valence-corrected chi connectivity index (χ2v) is 8.88. The molecule has 1 aliphatic rings. The number of amides is 1. The second-order valence-electron chi connectivity index (χ2n) is 6.43. The summed E-state index contributed by atoms with van der Waals surface area (Å²) in [4.78, 5) is 46.3. The number of aromatic amines is 1. The molecule has 1 aromatic carbocycles. The quantitative estimate of drug-likeness (QED) is 0.635. The van der Waals surface area contributed by atoms with E-state index in [1.165, 1.54) is 23.1 Å². The van der Waals surface area contributed by atoms with Crippen molar-refractivity contribution in [3.8, 4) is 0 Å². The first kappa shape index (κ1) is 18.7. The molecule has 3 aromatic rings. The fraction of sp³-hybridized carbons (Fsp3) is 0.263. The molecule has 0 spiro atoms. The molecule has 1 unspecified atom stereocenters. The van der Waals surface area contributed by atoms with Crippen LogP contribution in [0.15, 0.2) is 34.0 Å². The molecule has 144 valence electrons. The number of hydrogen-bond acceptors (Lipinski definition) is 7. The Hall–Kier alpha value is -2.65. The van der Waals surface area contributed by atoms with E-state index in [-0.39, 0.29) is 30.3 Å². The SMILES string of the molecule is Cc1sc2nc(COC(=O)CC3Sc4ccccc4NC3=O)[nH]c(=O)c2c1C. The highest BCUT2D eigenvalue weighted by Gasteiger charge is 2.29. The number of fused-ring (bicyclic) bond motifs is 2. The summed E-state index contributed by atoms with van der Waals surface area (Å²) in [5, 5.41) is 2.82. The van der Waals surface area contributed by atoms with Gasteiger partial charge in [0.1, 0.15) is 17.3 Å². The van der Waals surface area contributed by atoms with Crippen LogP contribution in [0.4, 0.5) is 5.69 Å². The van der Waals surface area contributed by atoms with Crippen molar-refractivity contribution in [2.75, 3.05) is 5.32 Å². The smallest absolute Gasteiger partial charge is 0.307 e. The Kier molecular flexibility index (Phi) is 4.94. The lowest BCUT2D eigenvalue weighted by molar-refractivity contribution is -0.146. The van der Waals surface area contributed by atoms with E-state index >= 15 is 0 Å². The van der Waals surface area contributed by atoms with Crippen molar-refractivity contribution in [1.82, 2.24) is 9.97 Å². The van der Waals surface area contributed by atoms with E-state index in [2.05, 4.69) is 15.3 Å². The summed E-state index contributed by atoms with van der Waals surface area (Å²) in [7, 11) is 0. The molecular weight excluding hydrogens is 398 g/mol. The summed E-state index contributed by atoms with van der Waals surface area (Å²) in [6.07, 6.45) is -0.0610. The van der Waals surface area contributed by atoms with Crippen LogP contribution in [0, 0.1) is 13.8 Å². The lowest BCUT2D eigenvalue weighted by atomic mass is 10.2. The number of para-hydroxylation sites is 1. The van der Waals surface area contributed by atoms with Crippen LogP contribution in [0.25, 0.3) is 10.2 Å². The third kappa shape index (κ3) is 3.55. The van der Waals surface area contributed by atoms with Gasteiger partial charge in [-0.1, -0.05) is 12.1 Å². The Labute approximate surface area is 168 Å². The number of thiophene rings is 1. The Bertz CT molecular complexity index is 1150. The summed E-state index contributed by atoms with van der Waals surface area (Å²) in [6, 6.07) is 7.44. The van der Waals surface area contributed by atoms with Gasteiger partial charge >= 0.3 is 5.97 Å². The maximum absolute atomic E-state index is 12.3. The number of carbonyl (C=O) groups excluding carboxylic acids is 2. The zero-order valence-electron chi connectivity index (χ0n) is 15.2. The Morgan fingerprint density at radius 2 is 2.04 bits per heavy atom. The van der Waals surface area contributed by atoms with Gasteiger partial charge in [0.05, 0.1) is 22.7 Å². The van der Waals surface area contributed by atoms with Crippen molar-refractivity contribution >= 4 is 50.9 Å². The number of esters is 1. The molecule has 9 heteroatoms. The van der Waals surface area contributed by atoms with Gasteiger partial charge in [-0.25, -0.2) is 4.98 Å². The minimum atomic E-state index is -0.556. The van der Waals surface area contributed by atoms with Crippen LogP contribution in [0.5, 0.6) is 0 Å². The van der Waals surface area contributed by atoms with Crippen LogP contribution >= 0.6 is 23.1 Å². The van der Waals surface area contributed by atoms with E-state index in [0.29, 0.717) is 10.2 Å². The number of benzene rings is 1. The summed E-state index contributed by atoms with van der Waals surface area (Å²) in [6.45, 7) is 3.68. The van der Waals surface area contributed by atoms with E-state index in [1.807, 2.05) is 38.1 Å². The van der Waals surface area contributed by atoms with E-state index in [9.17, 15) is 14.4 Å². The molecule has 0 bridgehead atoms. The van der Waals surface area contributed by atoms with Crippen LogP contribution in [0.3, 0.4) is 0 Å². The van der Waals surface area contributed by atoms with Crippen molar-refractivity contribution in [2.45, 2.75) is 37.0 Å². The van der Waals surface area contributed by atoms with Crippen LogP contribution < -0.4 is 10.9 Å². The molecule has 1 aliphatic heterocycles. The Balaban J connectivity index is 1.42. The molecule has 0 saturated carbocycles. The topological polar surface area (TPSA) is 101 Å². The van der Waals surface area contributed by atoms with Crippen molar-refractivity contribution in [1.29, 1.82) is 0 Å². The number of anilines is 1. The van der Waals surface area contributed by atoms with Gasteiger partial charge in [-0.3, -0.25) is 14.4 Å². The first-order valence-electron chi connectivity index (χ1n) is 8.63. The molecule has 28 heavy (non-hydrogen) atoms. The highest BCUT2D eigenvalue weighted by atomic mass is 32.2. The molecule has 0 aliphatic carbocycles. The molecular formula is C19H17N3O4S2. The number of hydrogen-bond donors (Lipinski definition) is 2. The number of H-pyrrole nitrogens is 1. The summed E-state index contributed by atoms with van der Waals surface area (Å²) >= 11 is 2.77. The predicted molar refractivity (Wildman–Crippen MR) is 109 cm³/mol. The molecule has 0 saturated heterocycles. The molecule has 2 aromatic heterocycles. The number of nitrogens with zero attached hydrogens (tertiary/aromatic N) is 1. The third-order valence-electron chi connectivity index (χ3n) is 4.52. The van der Waals surface area contributed by atoms with Crippen LogP contribution in [-0.2, 0) is 20.9 Å². The summed E-state index contributed by atoms with van der Waals surface area (Å²) in [5.41, 5.74) is 1.42. The Morgan fingerprint density at radius 3 is 2.86 bits per heavy atom. The zero-order valence-corrected chi connectivity index (χ0v) is 16.8. The van der Waals surface area contributed by atoms with Crippen LogP contribution in [-0.4, -0.2) is 27.1 Å². The second kappa shape index (κ2) is 7.40. The van der Waals surface area contributed by atoms with Gasteiger partial charge in [0.15, 0.2) is 0 Å². The van der Waals surface area contributed by atoms with E-state index < -0.39 is 11.2 Å². The first-order chi connectivity index (χ1) is 13.4. The predicted octanol–water partition coefficient (Wildman–Crippen LogP) is 3.15. The fourth-order valence-electron chi connectivity index (χ4n) is 2.95. The zero-order chi connectivity index (χ0) is 19.8. The van der Waals surface area contributed by atoms with Crippen LogP contribution in [0.1, 0.15) is 22.7 Å². The maximum Gasteiger partial charge on any atom is 0.307 e. The van der Waals surface area contributed by atoms with Crippen molar-refractivity contribution in [3.05, 3.63) is 50.9 Å². The van der Waals surface area contributed by atoms with Gasteiger partial charge in [-0.05, 0) is 31.5 Å². The maximum atomic E-state index is 12.3.